The second-order valence-electron chi connectivity index (χ2n) is 4.08. The van der Waals surface area contributed by atoms with Crippen molar-refractivity contribution in [2.24, 2.45) is 0 Å². The van der Waals surface area contributed by atoms with Crippen molar-refractivity contribution >= 4 is 23.0 Å². The first kappa shape index (κ1) is 12.8. The Labute approximate surface area is 111 Å². The van der Waals surface area contributed by atoms with E-state index < -0.39 is 0 Å². The minimum absolute atomic E-state index is 0.122. The Morgan fingerprint density at radius 2 is 2.05 bits per heavy atom. The molecule has 1 N–H and O–H groups in total. The molecule has 0 bridgehead atoms. The van der Waals surface area contributed by atoms with E-state index in [-0.39, 0.29) is 12.5 Å². The molecule has 3 nitrogen and oxygen atoms in total. The summed E-state index contributed by atoms with van der Waals surface area (Å²) in [5, 5.41) is 4.59. The maximum absolute atomic E-state index is 11.1. The smallest absolute Gasteiger partial charge is 0.217 e. The molecule has 0 radical (unpaired) electrons. The first-order chi connectivity index (χ1) is 9.22. The van der Waals surface area contributed by atoms with Crippen LogP contribution in [0.3, 0.4) is 0 Å². The quantitative estimate of drug-likeness (QED) is 0.656. The van der Waals surface area contributed by atoms with Gasteiger partial charge in [0, 0.05) is 18.1 Å². The Bertz CT molecular complexity index is 693. The number of benzene rings is 2. The number of carbonyl (C=O) groups excluding carboxylic acids is 2. The molecule has 2 aromatic carbocycles. The lowest BCUT2D eigenvalue weighted by molar-refractivity contribution is -0.118. The van der Waals surface area contributed by atoms with Gasteiger partial charge in [-0.25, -0.2) is 0 Å². The molecule has 0 saturated carbocycles. The molecule has 0 spiro atoms. The van der Waals surface area contributed by atoms with E-state index in [1.807, 2.05) is 30.3 Å². The van der Waals surface area contributed by atoms with Crippen molar-refractivity contribution in [3.8, 4) is 11.8 Å². The lowest BCUT2D eigenvalue weighted by Gasteiger charge is -2.03. The SMILES string of the molecule is CC(=O)NCC#Cc1c(C=O)ccc2ccccc12. The second kappa shape index (κ2) is 5.83. The topological polar surface area (TPSA) is 46.2 Å². The van der Waals surface area contributed by atoms with Crippen LogP contribution in [-0.4, -0.2) is 18.7 Å². The molecule has 0 fully saturated rings. The van der Waals surface area contributed by atoms with Crippen LogP contribution in [0, 0.1) is 11.8 Å². The summed E-state index contributed by atoms with van der Waals surface area (Å²) in [6.45, 7) is 1.72. The molecule has 0 unspecified atom stereocenters. The molecule has 19 heavy (non-hydrogen) atoms. The maximum Gasteiger partial charge on any atom is 0.217 e. The third kappa shape index (κ3) is 2.99. The van der Waals surface area contributed by atoms with Gasteiger partial charge in [0.25, 0.3) is 0 Å². The number of hydrogen-bond donors (Lipinski definition) is 1. The summed E-state index contributed by atoms with van der Waals surface area (Å²) in [7, 11) is 0. The van der Waals surface area contributed by atoms with E-state index in [1.165, 1.54) is 6.92 Å². The van der Waals surface area contributed by atoms with Crippen molar-refractivity contribution in [1.29, 1.82) is 0 Å². The summed E-state index contributed by atoms with van der Waals surface area (Å²) in [6.07, 6.45) is 0.800. The number of amides is 1. The highest BCUT2D eigenvalue weighted by molar-refractivity contribution is 5.95. The number of aldehydes is 1. The summed E-state index contributed by atoms with van der Waals surface area (Å²) in [6, 6.07) is 11.4. The normalized spacial score (nSPS) is 9.53. The van der Waals surface area contributed by atoms with E-state index in [2.05, 4.69) is 17.2 Å². The van der Waals surface area contributed by atoms with Crippen LogP contribution in [0.2, 0.25) is 0 Å². The third-order valence-electron chi connectivity index (χ3n) is 2.73. The lowest BCUT2D eigenvalue weighted by Crippen LogP contribution is -2.19. The zero-order valence-corrected chi connectivity index (χ0v) is 10.6. The predicted molar refractivity (Wildman–Crippen MR) is 74.9 cm³/mol. The van der Waals surface area contributed by atoms with Crippen LogP contribution in [0.25, 0.3) is 10.8 Å². The minimum atomic E-state index is -0.122. The van der Waals surface area contributed by atoms with Gasteiger partial charge in [0.15, 0.2) is 6.29 Å². The standard InChI is InChI=1S/C16H13NO2/c1-12(19)17-10-4-7-16-14(11-18)9-8-13-5-2-3-6-15(13)16/h2-3,5-6,8-9,11H,10H2,1H3,(H,17,19). The molecule has 0 heterocycles. The summed E-state index contributed by atoms with van der Waals surface area (Å²) in [5.74, 6) is 5.70. The summed E-state index contributed by atoms with van der Waals surface area (Å²) >= 11 is 0. The van der Waals surface area contributed by atoms with Crippen LogP contribution in [0.5, 0.6) is 0 Å². The molecule has 1 amide bonds. The molecule has 2 rings (SSSR count). The highest BCUT2D eigenvalue weighted by atomic mass is 16.1. The van der Waals surface area contributed by atoms with E-state index in [0.29, 0.717) is 11.1 Å². The number of carbonyl (C=O) groups is 2. The van der Waals surface area contributed by atoms with Crippen molar-refractivity contribution in [3.63, 3.8) is 0 Å². The zero-order chi connectivity index (χ0) is 13.7. The maximum atomic E-state index is 11.1. The number of fused-ring (bicyclic) bond motifs is 1. The molecule has 0 aromatic heterocycles. The second-order valence-corrected chi connectivity index (χ2v) is 4.08. The van der Waals surface area contributed by atoms with E-state index in [0.717, 1.165) is 17.1 Å². The van der Waals surface area contributed by atoms with Gasteiger partial charge in [0.1, 0.15) is 0 Å². The van der Waals surface area contributed by atoms with Gasteiger partial charge in [-0.3, -0.25) is 9.59 Å². The zero-order valence-electron chi connectivity index (χ0n) is 10.6. The van der Waals surface area contributed by atoms with Crippen LogP contribution in [0.15, 0.2) is 36.4 Å². The number of nitrogens with one attached hydrogen (secondary N) is 1. The largest absolute Gasteiger partial charge is 0.345 e. The van der Waals surface area contributed by atoms with Gasteiger partial charge < -0.3 is 5.32 Å². The van der Waals surface area contributed by atoms with Gasteiger partial charge in [-0.1, -0.05) is 42.2 Å². The van der Waals surface area contributed by atoms with Gasteiger partial charge in [0.2, 0.25) is 5.91 Å². The van der Waals surface area contributed by atoms with Gasteiger partial charge in [-0.05, 0) is 16.8 Å². The van der Waals surface area contributed by atoms with Crippen molar-refractivity contribution in [3.05, 3.63) is 47.5 Å². The molecule has 3 heteroatoms. The van der Waals surface area contributed by atoms with Crippen LogP contribution in [0.4, 0.5) is 0 Å². The monoisotopic (exact) mass is 251 g/mol. The fraction of sp³-hybridized carbons (Fsp3) is 0.125. The molecule has 94 valence electrons. The summed E-state index contributed by atoms with van der Waals surface area (Å²) in [5.41, 5.74) is 1.27. The summed E-state index contributed by atoms with van der Waals surface area (Å²) in [4.78, 5) is 21.8. The van der Waals surface area contributed by atoms with Crippen LogP contribution < -0.4 is 5.32 Å². The Morgan fingerprint density at radius 3 is 2.79 bits per heavy atom. The molecule has 0 aliphatic carbocycles. The average Bonchev–Trinajstić information content (AvgIpc) is 2.43. The first-order valence-corrected chi connectivity index (χ1v) is 5.92. The van der Waals surface area contributed by atoms with Gasteiger partial charge in [-0.2, -0.15) is 0 Å². The van der Waals surface area contributed by atoms with E-state index in [9.17, 15) is 9.59 Å². The van der Waals surface area contributed by atoms with E-state index in [1.54, 1.807) is 6.07 Å². The third-order valence-corrected chi connectivity index (χ3v) is 2.73. The number of hydrogen-bond acceptors (Lipinski definition) is 2. The van der Waals surface area contributed by atoms with Crippen LogP contribution >= 0.6 is 0 Å². The molecular formula is C16H13NO2. The average molecular weight is 251 g/mol. The summed E-state index contributed by atoms with van der Waals surface area (Å²) < 4.78 is 0. The van der Waals surface area contributed by atoms with Gasteiger partial charge in [-0.15, -0.1) is 0 Å². The Hall–Kier alpha value is -2.60. The van der Waals surface area contributed by atoms with E-state index in [4.69, 9.17) is 0 Å². The van der Waals surface area contributed by atoms with E-state index >= 15 is 0 Å². The highest BCUT2D eigenvalue weighted by Crippen LogP contribution is 2.20. The van der Waals surface area contributed by atoms with Crippen molar-refractivity contribution in [1.82, 2.24) is 5.32 Å². The Balaban J connectivity index is 2.44. The first-order valence-electron chi connectivity index (χ1n) is 5.92. The lowest BCUT2D eigenvalue weighted by atomic mass is 10.00. The molecule has 0 aliphatic heterocycles. The van der Waals surface area contributed by atoms with Crippen molar-refractivity contribution in [2.75, 3.05) is 6.54 Å². The predicted octanol–water partition coefficient (Wildman–Crippen LogP) is 2.14. The van der Waals surface area contributed by atoms with Crippen molar-refractivity contribution < 1.29 is 9.59 Å². The van der Waals surface area contributed by atoms with Gasteiger partial charge >= 0.3 is 0 Å². The fourth-order valence-electron chi connectivity index (χ4n) is 1.83. The molecule has 0 saturated heterocycles. The van der Waals surface area contributed by atoms with Crippen LogP contribution in [0.1, 0.15) is 22.8 Å². The molecular weight excluding hydrogens is 238 g/mol. The van der Waals surface area contributed by atoms with Gasteiger partial charge in [0.05, 0.1) is 6.54 Å². The Morgan fingerprint density at radius 1 is 1.26 bits per heavy atom. The number of rotatable bonds is 2. The van der Waals surface area contributed by atoms with Crippen LogP contribution in [-0.2, 0) is 4.79 Å². The van der Waals surface area contributed by atoms with Crippen molar-refractivity contribution in [2.45, 2.75) is 6.92 Å². The fourth-order valence-corrected chi connectivity index (χ4v) is 1.83. The molecule has 2 aromatic rings. The molecule has 0 aliphatic rings. The minimum Gasteiger partial charge on any atom is -0.345 e. The molecule has 0 atom stereocenters. The highest BCUT2D eigenvalue weighted by Gasteiger charge is 2.04. The Kier molecular flexibility index (Phi) is 3.94.